The van der Waals surface area contributed by atoms with Crippen molar-refractivity contribution in [3.63, 3.8) is 0 Å². The Balaban J connectivity index is 2.26. The minimum Gasteiger partial charge on any atom is -0.464 e. The van der Waals surface area contributed by atoms with Gasteiger partial charge in [-0.25, -0.2) is 0 Å². The third kappa shape index (κ3) is 1.82. The Labute approximate surface area is 90.8 Å². The summed E-state index contributed by atoms with van der Waals surface area (Å²) < 4.78 is 10.3. The van der Waals surface area contributed by atoms with Crippen LogP contribution in [0.15, 0.2) is 33.1 Å². The van der Waals surface area contributed by atoms with Gasteiger partial charge in [0.2, 0.25) is 0 Å². The lowest BCUT2D eigenvalue weighted by atomic mass is 10.2. The Kier molecular flexibility index (Phi) is 2.49. The van der Waals surface area contributed by atoms with Gasteiger partial charge in [0.25, 0.3) is 0 Å². The predicted octanol–water partition coefficient (Wildman–Crippen LogP) is 2.14. The molecule has 1 atom stereocenters. The van der Waals surface area contributed by atoms with Crippen molar-refractivity contribution < 1.29 is 13.8 Å². The van der Waals surface area contributed by atoms with E-state index in [1.165, 1.54) is 12.1 Å². The monoisotopic (exact) mass is 222 g/mol. The van der Waals surface area contributed by atoms with Crippen molar-refractivity contribution >= 4 is 5.88 Å². The molecule has 0 aromatic carbocycles. The molecule has 0 radical (unpaired) electrons. The van der Waals surface area contributed by atoms with Gasteiger partial charge in [-0.3, -0.25) is 10.1 Å². The van der Waals surface area contributed by atoms with Gasteiger partial charge < -0.3 is 14.6 Å². The van der Waals surface area contributed by atoms with E-state index in [1.54, 1.807) is 19.1 Å². The van der Waals surface area contributed by atoms with Gasteiger partial charge in [0, 0.05) is 0 Å². The van der Waals surface area contributed by atoms with Crippen LogP contribution in [0.3, 0.4) is 0 Å². The largest absolute Gasteiger partial charge is 0.464 e. The Bertz CT molecular complexity index is 514. The van der Waals surface area contributed by atoms with Crippen LogP contribution >= 0.6 is 0 Å². The molecule has 6 nitrogen and oxygen atoms in total. The second-order valence-electron chi connectivity index (χ2n) is 3.36. The molecule has 2 aromatic rings. The van der Waals surface area contributed by atoms with Gasteiger partial charge in [0.1, 0.15) is 28.2 Å². The zero-order chi connectivity index (χ0) is 11.7. The zero-order valence-corrected chi connectivity index (χ0v) is 8.54. The molecule has 0 aliphatic heterocycles. The van der Waals surface area contributed by atoms with Crippen molar-refractivity contribution in [1.29, 1.82) is 0 Å². The lowest BCUT2D eigenvalue weighted by molar-refractivity contribution is -0.402. The fourth-order valence-electron chi connectivity index (χ4n) is 1.37. The number of rotatable bonds is 3. The molecule has 0 aliphatic rings. The number of aryl methyl sites for hydroxylation is 1. The van der Waals surface area contributed by atoms with Gasteiger partial charge in [0.15, 0.2) is 0 Å². The van der Waals surface area contributed by atoms with Crippen LogP contribution < -0.4 is 5.73 Å². The highest BCUT2D eigenvalue weighted by Crippen LogP contribution is 2.25. The first kappa shape index (κ1) is 10.4. The highest BCUT2D eigenvalue weighted by molar-refractivity contribution is 5.25. The molecule has 0 spiro atoms. The molecule has 2 N–H and O–H groups in total. The molecule has 2 aromatic heterocycles. The quantitative estimate of drug-likeness (QED) is 0.633. The predicted molar refractivity (Wildman–Crippen MR) is 54.8 cm³/mol. The molecule has 6 heteroatoms. The zero-order valence-electron chi connectivity index (χ0n) is 8.54. The standard InChI is InChI=1S/C10H10N2O4/c1-6-2-3-7(15-6)10(11)8-4-5-9(16-8)12(13)14/h2-5,10H,11H2,1H3. The molecule has 0 fully saturated rings. The molecule has 16 heavy (non-hydrogen) atoms. The summed E-state index contributed by atoms with van der Waals surface area (Å²) in [5, 5.41) is 10.4. The Morgan fingerprint density at radius 3 is 2.38 bits per heavy atom. The van der Waals surface area contributed by atoms with E-state index in [2.05, 4.69) is 0 Å². The van der Waals surface area contributed by atoms with Crippen molar-refractivity contribution in [1.82, 2.24) is 0 Å². The smallest absolute Gasteiger partial charge is 0.433 e. The van der Waals surface area contributed by atoms with E-state index in [9.17, 15) is 10.1 Å². The summed E-state index contributed by atoms with van der Waals surface area (Å²) in [6, 6.07) is 5.61. The summed E-state index contributed by atoms with van der Waals surface area (Å²) in [4.78, 5) is 9.82. The van der Waals surface area contributed by atoms with E-state index in [0.717, 1.165) is 5.76 Å². The lowest BCUT2D eigenvalue weighted by Gasteiger charge is -2.03. The second kappa shape index (κ2) is 3.82. The van der Waals surface area contributed by atoms with Crippen LogP contribution in [-0.2, 0) is 0 Å². The van der Waals surface area contributed by atoms with Gasteiger partial charge in [0.05, 0.1) is 6.07 Å². The van der Waals surface area contributed by atoms with Crippen LogP contribution in [0.25, 0.3) is 0 Å². The molecule has 0 amide bonds. The van der Waals surface area contributed by atoms with Crippen molar-refractivity contribution in [3.8, 4) is 0 Å². The Morgan fingerprint density at radius 2 is 1.88 bits per heavy atom. The molecule has 84 valence electrons. The average molecular weight is 222 g/mol. The summed E-state index contributed by atoms with van der Waals surface area (Å²) in [5.41, 5.74) is 5.83. The Morgan fingerprint density at radius 1 is 1.25 bits per heavy atom. The highest BCUT2D eigenvalue weighted by atomic mass is 16.6. The highest BCUT2D eigenvalue weighted by Gasteiger charge is 2.20. The molecule has 2 heterocycles. The van der Waals surface area contributed by atoms with E-state index in [-0.39, 0.29) is 5.88 Å². The molecule has 0 saturated heterocycles. The van der Waals surface area contributed by atoms with Gasteiger partial charge in [-0.2, -0.15) is 0 Å². The Hall–Kier alpha value is -2.08. The number of nitrogens with two attached hydrogens (primary N) is 1. The molecule has 0 aliphatic carbocycles. The number of nitrogens with zero attached hydrogens (tertiary/aromatic N) is 1. The minimum atomic E-state index is -0.623. The van der Waals surface area contributed by atoms with Crippen molar-refractivity contribution in [2.45, 2.75) is 13.0 Å². The van der Waals surface area contributed by atoms with E-state index in [0.29, 0.717) is 11.5 Å². The number of hydrogen-bond donors (Lipinski definition) is 1. The van der Waals surface area contributed by atoms with Gasteiger partial charge in [-0.05, 0) is 25.1 Å². The second-order valence-corrected chi connectivity index (χ2v) is 3.36. The fourth-order valence-corrected chi connectivity index (χ4v) is 1.37. The fraction of sp³-hybridized carbons (Fsp3) is 0.200. The summed E-state index contributed by atoms with van der Waals surface area (Å²) in [7, 11) is 0. The third-order valence-corrected chi connectivity index (χ3v) is 2.17. The van der Waals surface area contributed by atoms with Crippen LogP contribution in [0, 0.1) is 17.0 Å². The molecular weight excluding hydrogens is 212 g/mol. The van der Waals surface area contributed by atoms with Crippen LogP contribution in [0.2, 0.25) is 0 Å². The van der Waals surface area contributed by atoms with E-state index >= 15 is 0 Å². The van der Waals surface area contributed by atoms with Crippen LogP contribution in [0.1, 0.15) is 23.3 Å². The maximum Gasteiger partial charge on any atom is 0.433 e. The van der Waals surface area contributed by atoms with Crippen LogP contribution in [0.5, 0.6) is 0 Å². The number of furan rings is 2. The van der Waals surface area contributed by atoms with Crippen molar-refractivity contribution in [2.24, 2.45) is 5.73 Å². The SMILES string of the molecule is Cc1ccc(C(N)c2ccc([N+](=O)[O-])o2)o1. The van der Waals surface area contributed by atoms with E-state index < -0.39 is 11.0 Å². The summed E-state index contributed by atoms with van der Waals surface area (Å²) in [6.45, 7) is 1.79. The summed E-state index contributed by atoms with van der Waals surface area (Å²) >= 11 is 0. The number of hydrogen-bond acceptors (Lipinski definition) is 5. The molecule has 2 rings (SSSR count). The number of nitro groups is 1. The van der Waals surface area contributed by atoms with E-state index in [1.807, 2.05) is 0 Å². The molecular formula is C10H10N2O4. The van der Waals surface area contributed by atoms with Gasteiger partial charge >= 0.3 is 5.88 Å². The van der Waals surface area contributed by atoms with Crippen LogP contribution in [0.4, 0.5) is 5.88 Å². The topological polar surface area (TPSA) is 95.4 Å². The maximum absolute atomic E-state index is 10.4. The normalized spacial score (nSPS) is 12.6. The van der Waals surface area contributed by atoms with Crippen molar-refractivity contribution in [3.05, 3.63) is 51.7 Å². The first-order chi connectivity index (χ1) is 7.58. The first-order valence-corrected chi connectivity index (χ1v) is 4.64. The first-order valence-electron chi connectivity index (χ1n) is 4.64. The summed E-state index contributed by atoms with van der Waals surface area (Å²) in [5.74, 6) is 1.23. The van der Waals surface area contributed by atoms with E-state index in [4.69, 9.17) is 14.6 Å². The van der Waals surface area contributed by atoms with Crippen LogP contribution in [-0.4, -0.2) is 4.92 Å². The maximum atomic E-state index is 10.4. The average Bonchev–Trinajstić information content (AvgIpc) is 2.84. The molecule has 0 bridgehead atoms. The summed E-state index contributed by atoms with van der Waals surface area (Å²) in [6.07, 6.45) is 0. The lowest BCUT2D eigenvalue weighted by Crippen LogP contribution is -2.09. The molecule has 0 saturated carbocycles. The van der Waals surface area contributed by atoms with Gasteiger partial charge in [-0.1, -0.05) is 0 Å². The minimum absolute atomic E-state index is 0.307. The third-order valence-electron chi connectivity index (χ3n) is 2.17. The van der Waals surface area contributed by atoms with Gasteiger partial charge in [-0.15, -0.1) is 0 Å². The van der Waals surface area contributed by atoms with Crippen molar-refractivity contribution in [2.75, 3.05) is 0 Å². The molecule has 1 unspecified atom stereocenters.